The highest BCUT2D eigenvalue weighted by Crippen LogP contribution is 2.08. The standard InChI is InChI=1S/C21H32N2O5/c1-15-9-11-16(12-10-15)7-6-8-18(24)23-17(19(25)27-5)13-14-22-20(26)28-21(2,3)4/h9-12,17H,6-8,13-14H2,1-5H3,(H,22,26)(H,23,24)/t17-/m0/s1. The molecule has 0 saturated carbocycles. The first kappa shape index (κ1) is 23.5. The number of esters is 1. The number of benzene rings is 1. The van der Waals surface area contributed by atoms with Gasteiger partial charge in [0.2, 0.25) is 5.91 Å². The molecule has 1 aromatic rings. The molecule has 156 valence electrons. The van der Waals surface area contributed by atoms with E-state index in [-0.39, 0.29) is 18.9 Å². The molecule has 0 unspecified atom stereocenters. The monoisotopic (exact) mass is 392 g/mol. The fraction of sp³-hybridized carbons (Fsp3) is 0.571. The minimum atomic E-state index is -0.813. The Hall–Kier alpha value is -2.57. The summed E-state index contributed by atoms with van der Waals surface area (Å²) in [5.74, 6) is -0.766. The lowest BCUT2D eigenvalue weighted by Gasteiger charge is -2.20. The highest BCUT2D eigenvalue weighted by molar-refractivity contribution is 5.84. The fourth-order valence-corrected chi connectivity index (χ4v) is 2.50. The molecular formula is C21H32N2O5. The number of hydrogen-bond acceptors (Lipinski definition) is 5. The molecule has 1 aromatic carbocycles. The van der Waals surface area contributed by atoms with E-state index in [1.807, 2.05) is 31.2 Å². The van der Waals surface area contributed by atoms with E-state index in [1.54, 1.807) is 20.8 Å². The summed E-state index contributed by atoms with van der Waals surface area (Å²) in [5, 5.41) is 5.25. The van der Waals surface area contributed by atoms with E-state index in [1.165, 1.54) is 18.2 Å². The Balaban J connectivity index is 2.40. The second-order valence-corrected chi connectivity index (χ2v) is 7.70. The fourth-order valence-electron chi connectivity index (χ4n) is 2.50. The number of alkyl carbamates (subject to hydrolysis) is 1. The summed E-state index contributed by atoms with van der Waals surface area (Å²) in [5.41, 5.74) is 1.77. The number of rotatable bonds is 9. The summed E-state index contributed by atoms with van der Waals surface area (Å²) in [6.45, 7) is 7.50. The van der Waals surface area contributed by atoms with E-state index in [9.17, 15) is 14.4 Å². The van der Waals surface area contributed by atoms with Crippen molar-refractivity contribution < 1.29 is 23.9 Å². The second-order valence-electron chi connectivity index (χ2n) is 7.70. The van der Waals surface area contributed by atoms with Crippen molar-refractivity contribution in [3.63, 3.8) is 0 Å². The molecule has 0 aromatic heterocycles. The van der Waals surface area contributed by atoms with Crippen molar-refractivity contribution in [2.75, 3.05) is 13.7 Å². The third kappa shape index (κ3) is 9.94. The maximum absolute atomic E-state index is 12.2. The molecule has 2 N–H and O–H groups in total. The van der Waals surface area contributed by atoms with Gasteiger partial charge in [-0.1, -0.05) is 29.8 Å². The van der Waals surface area contributed by atoms with Crippen molar-refractivity contribution in [2.45, 2.75) is 65.0 Å². The zero-order valence-corrected chi connectivity index (χ0v) is 17.5. The van der Waals surface area contributed by atoms with Crippen LogP contribution in [0.4, 0.5) is 4.79 Å². The van der Waals surface area contributed by atoms with Crippen LogP contribution in [0.25, 0.3) is 0 Å². The minimum absolute atomic E-state index is 0.179. The zero-order chi connectivity index (χ0) is 21.2. The van der Waals surface area contributed by atoms with Crippen LogP contribution in [0.3, 0.4) is 0 Å². The van der Waals surface area contributed by atoms with Crippen molar-refractivity contribution >= 4 is 18.0 Å². The molecule has 0 spiro atoms. The maximum Gasteiger partial charge on any atom is 0.407 e. The molecule has 0 aliphatic rings. The number of methoxy groups -OCH3 is 1. The Morgan fingerprint density at radius 3 is 2.32 bits per heavy atom. The number of hydrogen-bond donors (Lipinski definition) is 2. The molecule has 0 aliphatic heterocycles. The van der Waals surface area contributed by atoms with E-state index in [4.69, 9.17) is 9.47 Å². The molecule has 2 amide bonds. The first-order chi connectivity index (χ1) is 13.1. The second kappa shape index (κ2) is 11.3. The molecule has 28 heavy (non-hydrogen) atoms. The number of amides is 2. The van der Waals surface area contributed by atoms with Gasteiger partial charge in [-0.15, -0.1) is 0 Å². The topological polar surface area (TPSA) is 93.7 Å². The van der Waals surface area contributed by atoms with Crippen LogP contribution in [0.5, 0.6) is 0 Å². The number of carbonyl (C=O) groups is 3. The molecule has 0 aliphatic carbocycles. The summed E-state index contributed by atoms with van der Waals surface area (Å²) < 4.78 is 9.88. The van der Waals surface area contributed by atoms with Crippen LogP contribution in [-0.2, 0) is 25.5 Å². The molecule has 0 heterocycles. The van der Waals surface area contributed by atoms with Crippen LogP contribution < -0.4 is 10.6 Å². The van der Waals surface area contributed by atoms with E-state index < -0.39 is 23.7 Å². The SMILES string of the molecule is COC(=O)[C@H](CCNC(=O)OC(C)(C)C)NC(=O)CCCc1ccc(C)cc1. The Bertz CT molecular complexity index is 650. The van der Waals surface area contributed by atoms with Gasteiger partial charge < -0.3 is 20.1 Å². The van der Waals surface area contributed by atoms with Crippen LogP contribution in [0, 0.1) is 6.92 Å². The first-order valence-corrected chi connectivity index (χ1v) is 9.50. The van der Waals surface area contributed by atoms with Crippen molar-refractivity contribution in [2.24, 2.45) is 0 Å². The highest BCUT2D eigenvalue weighted by atomic mass is 16.6. The molecule has 0 fully saturated rings. The normalized spacial score (nSPS) is 12.0. The third-order valence-corrected chi connectivity index (χ3v) is 3.91. The quantitative estimate of drug-likeness (QED) is 0.630. The van der Waals surface area contributed by atoms with E-state index >= 15 is 0 Å². The van der Waals surface area contributed by atoms with Crippen LogP contribution >= 0.6 is 0 Å². The Kier molecular flexibility index (Phi) is 9.48. The van der Waals surface area contributed by atoms with Crippen molar-refractivity contribution in [3.8, 4) is 0 Å². The smallest absolute Gasteiger partial charge is 0.407 e. The van der Waals surface area contributed by atoms with E-state index in [0.29, 0.717) is 12.8 Å². The number of aryl methyl sites for hydroxylation is 2. The summed E-state index contributed by atoms with van der Waals surface area (Å²) in [6.07, 6.45) is 1.42. The maximum atomic E-state index is 12.2. The number of carbonyl (C=O) groups excluding carboxylic acids is 3. The van der Waals surface area contributed by atoms with Crippen LogP contribution in [0.1, 0.15) is 51.2 Å². The zero-order valence-electron chi connectivity index (χ0n) is 17.5. The van der Waals surface area contributed by atoms with Crippen molar-refractivity contribution in [1.82, 2.24) is 10.6 Å². The predicted molar refractivity (Wildman–Crippen MR) is 107 cm³/mol. The van der Waals surface area contributed by atoms with Gasteiger partial charge in [0.25, 0.3) is 0 Å². The van der Waals surface area contributed by atoms with Gasteiger partial charge in [0.15, 0.2) is 0 Å². The molecule has 7 heteroatoms. The summed E-state index contributed by atoms with van der Waals surface area (Å²) >= 11 is 0. The average molecular weight is 392 g/mol. The largest absolute Gasteiger partial charge is 0.467 e. The Morgan fingerprint density at radius 1 is 1.11 bits per heavy atom. The van der Waals surface area contributed by atoms with Crippen LogP contribution in [0.15, 0.2) is 24.3 Å². The molecule has 0 bridgehead atoms. The van der Waals surface area contributed by atoms with E-state index in [2.05, 4.69) is 10.6 Å². The van der Waals surface area contributed by atoms with E-state index in [0.717, 1.165) is 6.42 Å². The molecule has 0 radical (unpaired) electrons. The highest BCUT2D eigenvalue weighted by Gasteiger charge is 2.22. The summed E-state index contributed by atoms with van der Waals surface area (Å²) in [7, 11) is 1.26. The lowest BCUT2D eigenvalue weighted by molar-refractivity contribution is -0.145. The Morgan fingerprint density at radius 2 is 1.75 bits per heavy atom. The molecule has 1 atom stereocenters. The Labute approximate surface area is 167 Å². The van der Waals surface area contributed by atoms with Crippen molar-refractivity contribution in [1.29, 1.82) is 0 Å². The molecular weight excluding hydrogens is 360 g/mol. The first-order valence-electron chi connectivity index (χ1n) is 9.50. The third-order valence-electron chi connectivity index (χ3n) is 3.91. The van der Waals surface area contributed by atoms with Crippen molar-refractivity contribution in [3.05, 3.63) is 35.4 Å². The molecule has 1 rings (SSSR count). The van der Waals surface area contributed by atoms with Crippen LogP contribution in [0.2, 0.25) is 0 Å². The minimum Gasteiger partial charge on any atom is -0.467 e. The van der Waals surface area contributed by atoms with Crippen LogP contribution in [-0.4, -0.2) is 43.3 Å². The van der Waals surface area contributed by atoms with Gasteiger partial charge in [-0.05, 0) is 52.5 Å². The van der Waals surface area contributed by atoms with Gasteiger partial charge in [-0.3, -0.25) is 4.79 Å². The number of ether oxygens (including phenoxy) is 2. The molecule has 0 saturated heterocycles. The lowest BCUT2D eigenvalue weighted by Crippen LogP contribution is -2.44. The van der Waals surface area contributed by atoms with Gasteiger partial charge in [0.1, 0.15) is 11.6 Å². The average Bonchev–Trinajstić information content (AvgIpc) is 2.60. The van der Waals surface area contributed by atoms with Gasteiger partial charge in [0.05, 0.1) is 7.11 Å². The summed E-state index contributed by atoms with van der Waals surface area (Å²) in [6, 6.07) is 7.37. The predicted octanol–water partition coefficient (Wildman–Crippen LogP) is 2.89. The number of nitrogens with one attached hydrogen (secondary N) is 2. The lowest BCUT2D eigenvalue weighted by atomic mass is 10.1. The van der Waals surface area contributed by atoms with Gasteiger partial charge in [0, 0.05) is 13.0 Å². The van der Waals surface area contributed by atoms with Gasteiger partial charge in [-0.2, -0.15) is 0 Å². The van der Waals surface area contributed by atoms with Gasteiger partial charge >= 0.3 is 12.1 Å². The summed E-state index contributed by atoms with van der Waals surface area (Å²) in [4.78, 5) is 35.7. The molecule has 7 nitrogen and oxygen atoms in total. The van der Waals surface area contributed by atoms with Gasteiger partial charge in [-0.25, -0.2) is 9.59 Å².